The molecule has 1 fully saturated rings. The lowest BCUT2D eigenvalue weighted by molar-refractivity contribution is -0.137. The van der Waals surface area contributed by atoms with E-state index in [1.807, 2.05) is 53.4 Å². The van der Waals surface area contributed by atoms with Crippen LogP contribution in [0.5, 0.6) is 11.5 Å². The first-order valence-corrected chi connectivity index (χ1v) is 10.9. The molecule has 0 saturated carbocycles. The molecule has 2 aromatic rings. The summed E-state index contributed by atoms with van der Waals surface area (Å²) in [5, 5.41) is 0. The molecular formula is C25H30N2O4. The van der Waals surface area contributed by atoms with Crippen molar-refractivity contribution in [3.05, 3.63) is 60.2 Å². The molecule has 2 heterocycles. The largest absolute Gasteiger partial charge is 0.487 e. The minimum absolute atomic E-state index is 0.00533. The molecule has 2 aromatic carbocycles. The molecule has 0 N–H and O–H groups in total. The van der Waals surface area contributed by atoms with Crippen LogP contribution in [-0.4, -0.2) is 61.0 Å². The van der Waals surface area contributed by atoms with E-state index in [1.165, 1.54) is 0 Å². The van der Waals surface area contributed by atoms with Crippen molar-refractivity contribution in [2.24, 2.45) is 0 Å². The fourth-order valence-corrected chi connectivity index (χ4v) is 4.54. The highest BCUT2D eigenvalue weighted by molar-refractivity contribution is 5.78. The van der Waals surface area contributed by atoms with Gasteiger partial charge in [-0.1, -0.05) is 36.4 Å². The number of likely N-dealkylation sites (tertiary alicyclic amines) is 1. The lowest BCUT2D eigenvalue weighted by atomic mass is 9.76. The second-order valence-corrected chi connectivity index (χ2v) is 8.70. The lowest BCUT2D eigenvalue weighted by Crippen LogP contribution is -2.52. The number of amides is 2. The topological polar surface area (TPSA) is 59.1 Å². The Labute approximate surface area is 183 Å². The van der Waals surface area contributed by atoms with Crippen LogP contribution in [0.15, 0.2) is 54.6 Å². The number of rotatable bonds is 5. The Balaban J connectivity index is 1.40. The van der Waals surface area contributed by atoms with Crippen molar-refractivity contribution in [3.63, 3.8) is 0 Å². The number of ether oxygens (including phenoxy) is 2. The van der Waals surface area contributed by atoms with Crippen molar-refractivity contribution in [3.8, 4) is 11.5 Å². The minimum atomic E-state index is -0.331. The van der Waals surface area contributed by atoms with Gasteiger partial charge < -0.3 is 19.3 Å². The van der Waals surface area contributed by atoms with E-state index < -0.39 is 0 Å². The van der Waals surface area contributed by atoms with Gasteiger partial charge in [0.05, 0.1) is 0 Å². The average molecular weight is 423 g/mol. The third-order valence-electron chi connectivity index (χ3n) is 6.36. The van der Waals surface area contributed by atoms with Crippen molar-refractivity contribution in [2.45, 2.75) is 37.2 Å². The SMILES string of the molecule is CN(C)C(=O)CC1CC2(CCN(C(=O)COc3ccccc3)CC2)Oc2ccccc21. The summed E-state index contributed by atoms with van der Waals surface area (Å²) in [7, 11) is 3.59. The number of benzene rings is 2. The maximum absolute atomic E-state index is 12.6. The molecule has 1 atom stereocenters. The molecule has 0 aromatic heterocycles. The van der Waals surface area contributed by atoms with Gasteiger partial charge in [0, 0.05) is 52.4 Å². The Morgan fingerprint density at radius 3 is 2.45 bits per heavy atom. The highest BCUT2D eigenvalue weighted by Gasteiger charge is 2.44. The van der Waals surface area contributed by atoms with E-state index >= 15 is 0 Å². The summed E-state index contributed by atoms with van der Waals surface area (Å²) in [4.78, 5) is 28.6. The zero-order chi connectivity index (χ0) is 21.8. The van der Waals surface area contributed by atoms with Gasteiger partial charge in [-0.05, 0) is 30.2 Å². The first kappa shape index (κ1) is 21.2. The van der Waals surface area contributed by atoms with Crippen molar-refractivity contribution in [1.82, 2.24) is 9.80 Å². The molecule has 4 rings (SSSR count). The third kappa shape index (κ3) is 4.84. The van der Waals surface area contributed by atoms with Gasteiger partial charge in [0.2, 0.25) is 5.91 Å². The molecule has 1 unspecified atom stereocenters. The van der Waals surface area contributed by atoms with Crippen LogP contribution in [0.3, 0.4) is 0 Å². The smallest absolute Gasteiger partial charge is 0.260 e. The number of para-hydroxylation sites is 2. The summed E-state index contributed by atoms with van der Waals surface area (Å²) in [6.45, 7) is 1.31. The standard InChI is InChI=1S/C25H30N2O4/c1-26(2)23(28)16-19-17-25(31-22-11-7-6-10-21(19)22)12-14-27(15-13-25)24(29)18-30-20-8-4-3-5-9-20/h3-11,19H,12-18H2,1-2H3. The molecule has 2 amide bonds. The predicted molar refractivity (Wildman–Crippen MR) is 118 cm³/mol. The van der Waals surface area contributed by atoms with Crippen LogP contribution in [0.25, 0.3) is 0 Å². The van der Waals surface area contributed by atoms with E-state index in [0.717, 1.165) is 30.6 Å². The van der Waals surface area contributed by atoms with E-state index in [1.54, 1.807) is 19.0 Å². The Bertz CT molecular complexity index is 920. The van der Waals surface area contributed by atoms with E-state index in [9.17, 15) is 9.59 Å². The zero-order valence-corrected chi connectivity index (χ0v) is 18.3. The Morgan fingerprint density at radius 2 is 1.74 bits per heavy atom. The molecule has 164 valence electrons. The summed E-state index contributed by atoms with van der Waals surface area (Å²) in [6.07, 6.45) is 2.78. The summed E-state index contributed by atoms with van der Waals surface area (Å²) >= 11 is 0. The molecule has 2 aliphatic rings. The molecule has 0 radical (unpaired) electrons. The van der Waals surface area contributed by atoms with Crippen molar-refractivity contribution in [2.75, 3.05) is 33.8 Å². The van der Waals surface area contributed by atoms with Gasteiger partial charge in [0.1, 0.15) is 17.1 Å². The Hall–Kier alpha value is -3.02. The van der Waals surface area contributed by atoms with Gasteiger partial charge in [-0.25, -0.2) is 0 Å². The minimum Gasteiger partial charge on any atom is -0.487 e. The van der Waals surface area contributed by atoms with E-state index in [4.69, 9.17) is 9.47 Å². The van der Waals surface area contributed by atoms with Gasteiger partial charge in [-0.3, -0.25) is 9.59 Å². The predicted octanol–water partition coefficient (Wildman–Crippen LogP) is 3.47. The first-order valence-electron chi connectivity index (χ1n) is 10.9. The number of carbonyl (C=O) groups excluding carboxylic acids is 2. The van der Waals surface area contributed by atoms with Crippen LogP contribution in [0.4, 0.5) is 0 Å². The normalized spacial score (nSPS) is 19.3. The van der Waals surface area contributed by atoms with Crippen LogP contribution in [-0.2, 0) is 9.59 Å². The van der Waals surface area contributed by atoms with Gasteiger partial charge in [-0.2, -0.15) is 0 Å². The second-order valence-electron chi connectivity index (χ2n) is 8.70. The number of nitrogens with zero attached hydrogens (tertiary/aromatic N) is 2. The van der Waals surface area contributed by atoms with Crippen LogP contribution < -0.4 is 9.47 Å². The number of carbonyl (C=O) groups is 2. The highest BCUT2D eigenvalue weighted by atomic mass is 16.5. The van der Waals surface area contributed by atoms with Gasteiger partial charge in [0.25, 0.3) is 5.91 Å². The van der Waals surface area contributed by atoms with E-state index in [-0.39, 0.29) is 29.9 Å². The molecule has 2 aliphatic heterocycles. The third-order valence-corrected chi connectivity index (χ3v) is 6.36. The quantitative estimate of drug-likeness (QED) is 0.740. The molecule has 6 nitrogen and oxygen atoms in total. The number of piperidine rings is 1. The Morgan fingerprint density at radius 1 is 1.06 bits per heavy atom. The number of hydrogen-bond donors (Lipinski definition) is 0. The molecule has 31 heavy (non-hydrogen) atoms. The zero-order valence-electron chi connectivity index (χ0n) is 18.3. The van der Waals surface area contributed by atoms with Crippen molar-refractivity contribution in [1.29, 1.82) is 0 Å². The first-order chi connectivity index (χ1) is 15.0. The van der Waals surface area contributed by atoms with Crippen LogP contribution in [0.2, 0.25) is 0 Å². The van der Waals surface area contributed by atoms with E-state index in [0.29, 0.717) is 25.3 Å². The molecule has 0 aliphatic carbocycles. The molecule has 1 spiro atoms. The summed E-state index contributed by atoms with van der Waals surface area (Å²) in [5.74, 6) is 1.82. The highest BCUT2D eigenvalue weighted by Crippen LogP contribution is 2.46. The van der Waals surface area contributed by atoms with Crippen LogP contribution >= 0.6 is 0 Å². The molecule has 0 bridgehead atoms. The average Bonchev–Trinajstić information content (AvgIpc) is 2.78. The summed E-state index contributed by atoms with van der Waals surface area (Å²) in [6, 6.07) is 17.4. The molecule has 1 saturated heterocycles. The van der Waals surface area contributed by atoms with Crippen molar-refractivity contribution < 1.29 is 19.1 Å². The fraction of sp³-hybridized carbons (Fsp3) is 0.440. The number of hydrogen-bond acceptors (Lipinski definition) is 4. The molecule has 6 heteroatoms. The lowest BCUT2D eigenvalue weighted by Gasteiger charge is -2.47. The number of fused-ring (bicyclic) bond motifs is 1. The maximum atomic E-state index is 12.6. The second kappa shape index (κ2) is 9.00. The van der Waals surface area contributed by atoms with Gasteiger partial charge in [0.15, 0.2) is 6.61 Å². The van der Waals surface area contributed by atoms with Crippen LogP contribution in [0.1, 0.15) is 37.2 Å². The van der Waals surface area contributed by atoms with Gasteiger partial charge >= 0.3 is 0 Å². The summed E-state index contributed by atoms with van der Waals surface area (Å²) in [5.41, 5.74) is 0.779. The van der Waals surface area contributed by atoms with Crippen LogP contribution in [0, 0.1) is 0 Å². The maximum Gasteiger partial charge on any atom is 0.260 e. The monoisotopic (exact) mass is 422 g/mol. The molecular weight excluding hydrogens is 392 g/mol. The van der Waals surface area contributed by atoms with E-state index in [2.05, 4.69) is 6.07 Å². The van der Waals surface area contributed by atoms with Gasteiger partial charge in [-0.15, -0.1) is 0 Å². The summed E-state index contributed by atoms with van der Waals surface area (Å²) < 4.78 is 12.1. The fourth-order valence-electron chi connectivity index (χ4n) is 4.54. The van der Waals surface area contributed by atoms with Crippen molar-refractivity contribution >= 4 is 11.8 Å². The Kier molecular flexibility index (Phi) is 6.16.